The maximum atomic E-state index is 9.91. The molecule has 0 amide bonds. The van der Waals surface area contributed by atoms with Crippen molar-refractivity contribution in [2.24, 2.45) is 0 Å². The first-order chi connectivity index (χ1) is 4.22. The summed E-state index contributed by atoms with van der Waals surface area (Å²) in [5, 5.41) is 9.91. The van der Waals surface area contributed by atoms with Crippen molar-refractivity contribution in [3.05, 3.63) is 22.4 Å². The molecule has 0 atom stereocenters. The van der Waals surface area contributed by atoms with E-state index in [1.165, 1.54) is 12.3 Å². The number of nitrogens with zero attached hydrogens (tertiary/aromatic N) is 1. The van der Waals surface area contributed by atoms with E-state index in [9.17, 15) is 10.1 Å². The van der Waals surface area contributed by atoms with Gasteiger partial charge in [-0.25, -0.2) is 0 Å². The second-order valence-electron chi connectivity index (χ2n) is 1.44. The number of furan rings is 1. The predicted octanol–water partition coefficient (Wildman–Crippen LogP) is 0.770. The van der Waals surface area contributed by atoms with Crippen molar-refractivity contribution in [1.29, 1.82) is 0 Å². The fraction of sp³-hybridized carbons (Fsp3) is 0. The predicted molar refractivity (Wildman–Crippen MR) is 29.8 cm³/mol. The van der Waals surface area contributed by atoms with Crippen LogP contribution in [0.3, 0.4) is 0 Å². The van der Waals surface area contributed by atoms with E-state index in [-0.39, 0.29) is 5.69 Å². The van der Waals surface area contributed by atoms with E-state index in [0.717, 1.165) is 0 Å². The number of anilines is 1. The molecule has 2 N–H and O–H groups in total. The van der Waals surface area contributed by atoms with E-state index in [2.05, 4.69) is 4.42 Å². The van der Waals surface area contributed by atoms with Crippen molar-refractivity contribution >= 4 is 11.6 Å². The molecule has 5 heteroatoms. The van der Waals surface area contributed by atoms with Gasteiger partial charge < -0.3 is 10.2 Å². The molecule has 1 aromatic heterocycles. The molecular weight excluding hydrogens is 124 g/mol. The van der Waals surface area contributed by atoms with E-state index in [1.54, 1.807) is 0 Å². The van der Waals surface area contributed by atoms with E-state index in [4.69, 9.17) is 5.73 Å². The quantitative estimate of drug-likeness (QED) is 0.447. The van der Waals surface area contributed by atoms with Crippen LogP contribution in [0.4, 0.5) is 11.6 Å². The molecular formula is C4H4N2O3. The zero-order chi connectivity index (χ0) is 6.85. The van der Waals surface area contributed by atoms with E-state index in [1.807, 2.05) is 0 Å². The Labute approximate surface area is 50.2 Å². The van der Waals surface area contributed by atoms with Crippen LogP contribution in [0.5, 0.6) is 0 Å². The highest BCUT2D eigenvalue weighted by Gasteiger charge is 2.13. The van der Waals surface area contributed by atoms with Crippen molar-refractivity contribution in [2.75, 3.05) is 5.73 Å². The minimum absolute atomic E-state index is 0.0556. The third-order valence-corrected chi connectivity index (χ3v) is 0.840. The second-order valence-corrected chi connectivity index (χ2v) is 1.44. The van der Waals surface area contributed by atoms with E-state index < -0.39 is 10.8 Å². The highest BCUT2D eigenvalue weighted by atomic mass is 16.6. The van der Waals surface area contributed by atoms with Gasteiger partial charge >= 0.3 is 5.88 Å². The number of rotatable bonds is 1. The molecule has 1 heterocycles. The SMILES string of the molecule is Nc1ccoc1[N+](=O)[O-]. The lowest BCUT2D eigenvalue weighted by Gasteiger charge is -1.82. The van der Waals surface area contributed by atoms with Gasteiger partial charge in [0.2, 0.25) is 0 Å². The van der Waals surface area contributed by atoms with Gasteiger partial charge in [0.05, 0.1) is 0 Å². The van der Waals surface area contributed by atoms with Crippen molar-refractivity contribution in [3.8, 4) is 0 Å². The lowest BCUT2D eigenvalue weighted by molar-refractivity contribution is -0.401. The van der Waals surface area contributed by atoms with Crippen LogP contribution in [-0.2, 0) is 0 Å². The van der Waals surface area contributed by atoms with Gasteiger partial charge in [-0.15, -0.1) is 0 Å². The molecule has 0 fully saturated rings. The van der Waals surface area contributed by atoms with Crippen LogP contribution in [0.2, 0.25) is 0 Å². The van der Waals surface area contributed by atoms with Crippen LogP contribution < -0.4 is 5.73 Å². The summed E-state index contributed by atoms with van der Waals surface area (Å²) in [5.41, 5.74) is 5.16. The molecule has 1 aromatic rings. The van der Waals surface area contributed by atoms with Crippen molar-refractivity contribution < 1.29 is 9.34 Å². The molecule has 0 bridgehead atoms. The molecule has 0 unspecified atom stereocenters. The highest BCUT2D eigenvalue weighted by molar-refractivity contribution is 5.50. The smallest absolute Gasteiger partial charge is 0.408 e. The topological polar surface area (TPSA) is 82.3 Å². The molecule has 9 heavy (non-hydrogen) atoms. The zero-order valence-electron chi connectivity index (χ0n) is 4.40. The van der Waals surface area contributed by atoms with Crippen LogP contribution >= 0.6 is 0 Å². The highest BCUT2D eigenvalue weighted by Crippen LogP contribution is 2.20. The minimum atomic E-state index is -0.671. The van der Waals surface area contributed by atoms with Crippen molar-refractivity contribution in [1.82, 2.24) is 0 Å². The van der Waals surface area contributed by atoms with Crippen LogP contribution in [0.15, 0.2) is 16.7 Å². The molecule has 0 saturated heterocycles. The lowest BCUT2D eigenvalue weighted by atomic mass is 10.5. The summed E-state index contributed by atoms with van der Waals surface area (Å²) >= 11 is 0. The molecule has 0 aliphatic heterocycles. The van der Waals surface area contributed by atoms with Crippen molar-refractivity contribution in [2.45, 2.75) is 0 Å². The molecule has 0 aliphatic carbocycles. The maximum Gasteiger partial charge on any atom is 0.456 e. The maximum absolute atomic E-state index is 9.91. The van der Waals surface area contributed by atoms with E-state index >= 15 is 0 Å². The van der Waals surface area contributed by atoms with E-state index in [0.29, 0.717) is 0 Å². The standard InChI is InChI=1S/C4H4N2O3/c5-3-1-2-9-4(3)6(7)8/h1-2H,5H2. The number of nitrogens with two attached hydrogens (primary N) is 1. The summed E-state index contributed by atoms with van der Waals surface area (Å²) in [6, 6.07) is 1.33. The fourth-order valence-electron chi connectivity index (χ4n) is 0.460. The van der Waals surface area contributed by atoms with Gasteiger partial charge in [0, 0.05) is 6.07 Å². The summed E-state index contributed by atoms with van der Waals surface area (Å²) in [6.07, 6.45) is 1.17. The number of hydrogen-bond acceptors (Lipinski definition) is 4. The number of nitrogen functional groups attached to an aromatic ring is 1. The molecule has 0 spiro atoms. The molecule has 5 nitrogen and oxygen atoms in total. The van der Waals surface area contributed by atoms with Gasteiger partial charge in [-0.05, 0) is 0 Å². The zero-order valence-corrected chi connectivity index (χ0v) is 4.40. The minimum Gasteiger partial charge on any atom is -0.408 e. The second kappa shape index (κ2) is 1.77. The Bertz CT molecular complexity index is 229. The third kappa shape index (κ3) is 0.835. The van der Waals surface area contributed by atoms with Gasteiger partial charge in [-0.2, -0.15) is 0 Å². The Kier molecular flexibility index (Phi) is 1.11. The Hall–Kier alpha value is -1.52. The third-order valence-electron chi connectivity index (χ3n) is 0.840. The molecule has 1 rings (SSSR count). The monoisotopic (exact) mass is 128 g/mol. The van der Waals surface area contributed by atoms with Gasteiger partial charge in [-0.1, -0.05) is 0 Å². The first kappa shape index (κ1) is 5.61. The van der Waals surface area contributed by atoms with Gasteiger partial charge in [0.15, 0.2) is 5.69 Å². The van der Waals surface area contributed by atoms with Crippen LogP contribution in [0, 0.1) is 10.1 Å². The summed E-state index contributed by atoms with van der Waals surface area (Å²) < 4.78 is 4.40. The molecule has 0 aliphatic rings. The molecule has 48 valence electrons. The Balaban J connectivity index is 3.08. The summed E-state index contributed by atoms with van der Waals surface area (Å²) in [5.74, 6) is -0.394. The normalized spacial score (nSPS) is 9.33. The molecule has 0 radical (unpaired) electrons. The van der Waals surface area contributed by atoms with Crippen LogP contribution in [-0.4, -0.2) is 4.92 Å². The number of hydrogen-bond donors (Lipinski definition) is 1. The average molecular weight is 128 g/mol. The van der Waals surface area contributed by atoms with Crippen molar-refractivity contribution in [3.63, 3.8) is 0 Å². The first-order valence-electron chi connectivity index (χ1n) is 2.19. The van der Waals surface area contributed by atoms with Crippen LogP contribution in [0.25, 0.3) is 0 Å². The molecule has 0 aromatic carbocycles. The number of nitro groups is 1. The summed E-state index contributed by atoms with van der Waals surface area (Å²) in [6.45, 7) is 0. The largest absolute Gasteiger partial charge is 0.456 e. The molecule has 0 saturated carbocycles. The Morgan fingerprint density at radius 3 is 2.67 bits per heavy atom. The van der Waals surface area contributed by atoms with Gasteiger partial charge in [0.1, 0.15) is 11.2 Å². The van der Waals surface area contributed by atoms with Gasteiger partial charge in [-0.3, -0.25) is 10.1 Å². The first-order valence-corrected chi connectivity index (χ1v) is 2.19. The lowest BCUT2D eigenvalue weighted by Crippen LogP contribution is -1.90. The van der Waals surface area contributed by atoms with Crippen LogP contribution in [0.1, 0.15) is 0 Å². The van der Waals surface area contributed by atoms with Gasteiger partial charge in [0.25, 0.3) is 0 Å². The Morgan fingerprint density at radius 2 is 2.44 bits per heavy atom. The summed E-state index contributed by atoms with van der Waals surface area (Å²) in [7, 11) is 0. The Morgan fingerprint density at radius 1 is 1.78 bits per heavy atom. The fourth-order valence-corrected chi connectivity index (χ4v) is 0.460. The summed E-state index contributed by atoms with van der Waals surface area (Å²) in [4.78, 5) is 9.24. The average Bonchev–Trinajstić information content (AvgIpc) is 2.13.